The molecule has 8 aromatic rings. The lowest BCUT2D eigenvalue weighted by atomic mass is 9.81. The molecule has 1 aliphatic rings. The van der Waals surface area contributed by atoms with Gasteiger partial charge in [0.2, 0.25) is 0 Å². The van der Waals surface area contributed by atoms with Crippen molar-refractivity contribution in [1.29, 1.82) is 5.26 Å². The van der Waals surface area contributed by atoms with Gasteiger partial charge in [-0.25, -0.2) is 15.0 Å². The third-order valence-electron chi connectivity index (χ3n) is 10.1. The van der Waals surface area contributed by atoms with Crippen molar-refractivity contribution in [3.05, 3.63) is 175 Å². The molecule has 0 N–H and O–H groups in total. The van der Waals surface area contributed by atoms with E-state index < -0.39 is 0 Å². The maximum Gasteiger partial charge on any atom is 0.164 e. The molecule has 3 aromatic heterocycles. The van der Waals surface area contributed by atoms with Crippen LogP contribution in [0.2, 0.25) is 0 Å². The minimum atomic E-state index is -0.265. The molecule has 0 atom stereocenters. The van der Waals surface area contributed by atoms with Gasteiger partial charge in [0.05, 0.1) is 11.6 Å². The Morgan fingerprint density at radius 1 is 0.434 bits per heavy atom. The van der Waals surface area contributed by atoms with E-state index in [1.54, 1.807) is 6.20 Å². The molecular formula is C47H32N6. The SMILES string of the molecule is CC1(C)c2cc(C#N)ccc2-c2ccc(-c3cc(-c4ccncc4)cc(-c4nc(-c5ccccc5)nc(-c5ccc(-c6cccnc6)cc5)n4)c3)cc21. The van der Waals surface area contributed by atoms with Gasteiger partial charge in [0.1, 0.15) is 0 Å². The molecule has 1 aliphatic carbocycles. The zero-order chi connectivity index (χ0) is 35.9. The number of aromatic nitrogens is 5. The number of hydrogen-bond acceptors (Lipinski definition) is 6. The number of pyridine rings is 2. The summed E-state index contributed by atoms with van der Waals surface area (Å²) >= 11 is 0. The lowest BCUT2D eigenvalue weighted by Crippen LogP contribution is -2.15. The molecule has 0 unspecified atom stereocenters. The fourth-order valence-electron chi connectivity index (χ4n) is 7.32. The van der Waals surface area contributed by atoms with E-state index in [1.807, 2.05) is 79.3 Å². The monoisotopic (exact) mass is 680 g/mol. The highest BCUT2D eigenvalue weighted by Crippen LogP contribution is 2.50. The Balaban J connectivity index is 1.20. The first-order chi connectivity index (χ1) is 25.9. The topological polar surface area (TPSA) is 88.2 Å². The second-order valence-corrected chi connectivity index (χ2v) is 13.8. The molecule has 0 radical (unpaired) electrons. The summed E-state index contributed by atoms with van der Waals surface area (Å²) in [5.74, 6) is 1.78. The molecule has 9 rings (SSSR count). The molecule has 0 aliphatic heterocycles. The van der Waals surface area contributed by atoms with Crippen molar-refractivity contribution < 1.29 is 0 Å². The molecule has 0 amide bonds. The molecule has 0 saturated carbocycles. The summed E-state index contributed by atoms with van der Waals surface area (Å²) in [4.78, 5) is 23.8. The summed E-state index contributed by atoms with van der Waals surface area (Å²) < 4.78 is 0. The van der Waals surface area contributed by atoms with Gasteiger partial charge in [-0.2, -0.15) is 5.26 Å². The van der Waals surface area contributed by atoms with E-state index in [-0.39, 0.29) is 5.41 Å². The van der Waals surface area contributed by atoms with Crippen LogP contribution >= 0.6 is 0 Å². The highest BCUT2D eigenvalue weighted by molar-refractivity contribution is 5.86. The standard InChI is InChI=1S/C47H32N6/c1-47(2)42-23-30(28-48)10-16-40(42)41-17-15-35(27-43(41)47)38-24-37(32-18-21-49-22-19-32)25-39(26-38)46-52-44(33-7-4-3-5-8-33)51-45(53-46)34-13-11-31(12-14-34)36-9-6-20-50-29-36/h3-27,29H,1-2H3. The Kier molecular flexibility index (Phi) is 7.75. The first-order valence-corrected chi connectivity index (χ1v) is 17.5. The summed E-state index contributed by atoms with van der Waals surface area (Å²) in [6, 6.07) is 47.9. The van der Waals surface area contributed by atoms with E-state index in [9.17, 15) is 5.26 Å². The Morgan fingerprint density at radius 3 is 1.66 bits per heavy atom. The van der Waals surface area contributed by atoms with Gasteiger partial charge in [0.25, 0.3) is 0 Å². The first kappa shape index (κ1) is 31.9. The van der Waals surface area contributed by atoms with Gasteiger partial charge in [0, 0.05) is 46.9 Å². The largest absolute Gasteiger partial charge is 0.265 e. The van der Waals surface area contributed by atoms with Gasteiger partial charge in [-0.1, -0.05) is 92.7 Å². The van der Waals surface area contributed by atoms with Crippen LogP contribution in [-0.2, 0) is 5.41 Å². The Bertz CT molecular complexity index is 2680. The summed E-state index contributed by atoms with van der Waals surface area (Å²) in [6.45, 7) is 4.48. The fourth-order valence-corrected chi connectivity index (χ4v) is 7.32. The first-order valence-electron chi connectivity index (χ1n) is 17.5. The minimum Gasteiger partial charge on any atom is -0.265 e. The number of hydrogen-bond donors (Lipinski definition) is 0. The second kappa shape index (κ2) is 12.9. The van der Waals surface area contributed by atoms with Gasteiger partial charge >= 0.3 is 0 Å². The van der Waals surface area contributed by atoms with Crippen molar-refractivity contribution in [3.8, 4) is 84.7 Å². The normalized spacial score (nSPS) is 12.5. The second-order valence-electron chi connectivity index (χ2n) is 13.8. The van der Waals surface area contributed by atoms with Crippen molar-refractivity contribution in [2.75, 3.05) is 0 Å². The molecular weight excluding hydrogens is 649 g/mol. The number of rotatable bonds is 6. The maximum absolute atomic E-state index is 9.64. The van der Waals surface area contributed by atoms with Crippen LogP contribution in [0.3, 0.4) is 0 Å². The quantitative estimate of drug-likeness (QED) is 0.174. The van der Waals surface area contributed by atoms with E-state index in [2.05, 4.69) is 103 Å². The van der Waals surface area contributed by atoms with Gasteiger partial charge in [-0.05, 0) is 110 Å². The lowest BCUT2D eigenvalue weighted by Gasteiger charge is -2.22. The van der Waals surface area contributed by atoms with E-state index in [4.69, 9.17) is 15.0 Å². The van der Waals surface area contributed by atoms with E-state index in [0.29, 0.717) is 23.0 Å². The van der Waals surface area contributed by atoms with Crippen molar-refractivity contribution in [2.24, 2.45) is 0 Å². The van der Waals surface area contributed by atoms with Crippen LogP contribution in [-0.4, -0.2) is 24.9 Å². The molecule has 250 valence electrons. The van der Waals surface area contributed by atoms with Crippen LogP contribution in [0.15, 0.2) is 158 Å². The Hall–Kier alpha value is -7.10. The third-order valence-corrected chi connectivity index (χ3v) is 10.1. The van der Waals surface area contributed by atoms with Gasteiger partial charge in [0.15, 0.2) is 17.5 Å². The molecule has 6 nitrogen and oxygen atoms in total. The predicted octanol–water partition coefficient (Wildman–Crippen LogP) is 10.8. The predicted molar refractivity (Wildman–Crippen MR) is 210 cm³/mol. The molecule has 53 heavy (non-hydrogen) atoms. The average Bonchev–Trinajstić information content (AvgIpc) is 3.46. The number of nitrogens with zero attached hydrogens (tertiary/aromatic N) is 6. The van der Waals surface area contributed by atoms with Crippen molar-refractivity contribution >= 4 is 0 Å². The number of fused-ring (bicyclic) bond motifs is 3. The van der Waals surface area contributed by atoms with Crippen molar-refractivity contribution in [2.45, 2.75) is 19.3 Å². The zero-order valence-corrected chi connectivity index (χ0v) is 29.2. The molecule has 6 heteroatoms. The summed E-state index contributed by atoms with van der Waals surface area (Å²) in [6.07, 6.45) is 7.27. The van der Waals surface area contributed by atoms with Crippen LogP contribution in [0.4, 0.5) is 0 Å². The number of benzene rings is 5. The third kappa shape index (κ3) is 5.85. The van der Waals surface area contributed by atoms with Crippen molar-refractivity contribution in [3.63, 3.8) is 0 Å². The van der Waals surface area contributed by atoms with E-state index in [0.717, 1.165) is 50.1 Å². The Morgan fingerprint density at radius 2 is 0.981 bits per heavy atom. The fraction of sp³-hybridized carbons (Fsp3) is 0.0638. The van der Waals surface area contributed by atoms with Crippen LogP contribution in [0.5, 0.6) is 0 Å². The average molecular weight is 681 g/mol. The summed E-state index contributed by atoms with van der Waals surface area (Å²) in [5, 5.41) is 9.64. The zero-order valence-electron chi connectivity index (χ0n) is 29.2. The molecule has 0 saturated heterocycles. The van der Waals surface area contributed by atoms with Crippen LogP contribution in [0.1, 0.15) is 30.5 Å². The van der Waals surface area contributed by atoms with Crippen LogP contribution < -0.4 is 0 Å². The highest BCUT2D eigenvalue weighted by Gasteiger charge is 2.36. The van der Waals surface area contributed by atoms with Crippen LogP contribution in [0.25, 0.3) is 78.7 Å². The lowest BCUT2D eigenvalue weighted by molar-refractivity contribution is 0.660. The molecule has 0 bridgehead atoms. The molecule has 3 heterocycles. The molecule has 0 spiro atoms. The smallest absolute Gasteiger partial charge is 0.164 e. The van der Waals surface area contributed by atoms with Gasteiger partial charge in [-0.15, -0.1) is 0 Å². The molecule has 5 aromatic carbocycles. The molecule has 0 fully saturated rings. The van der Waals surface area contributed by atoms with E-state index >= 15 is 0 Å². The van der Waals surface area contributed by atoms with E-state index in [1.165, 1.54) is 22.3 Å². The van der Waals surface area contributed by atoms with Gasteiger partial charge in [-0.3, -0.25) is 9.97 Å². The van der Waals surface area contributed by atoms with Crippen LogP contribution in [0, 0.1) is 11.3 Å². The summed E-state index contributed by atoms with van der Waals surface area (Å²) in [5.41, 5.74) is 14.2. The minimum absolute atomic E-state index is 0.265. The maximum atomic E-state index is 9.64. The Labute approximate surface area is 308 Å². The van der Waals surface area contributed by atoms with Crippen molar-refractivity contribution in [1.82, 2.24) is 24.9 Å². The number of nitriles is 1. The highest BCUT2D eigenvalue weighted by atomic mass is 15.0. The summed E-state index contributed by atoms with van der Waals surface area (Å²) in [7, 11) is 0. The van der Waals surface area contributed by atoms with Gasteiger partial charge < -0.3 is 0 Å².